The van der Waals surface area contributed by atoms with Gasteiger partial charge in [0.2, 0.25) is 5.95 Å². The molecule has 130 valence electrons. The van der Waals surface area contributed by atoms with Gasteiger partial charge < -0.3 is 10.2 Å². The van der Waals surface area contributed by atoms with Gasteiger partial charge in [0.25, 0.3) is 5.91 Å². The second-order valence-electron chi connectivity index (χ2n) is 5.83. The highest BCUT2D eigenvalue weighted by atomic mass is 16.1. The van der Waals surface area contributed by atoms with Crippen LogP contribution < -0.4 is 10.2 Å². The highest BCUT2D eigenvalue weighted by Crippen LogP contribution is 2.15. The predicted octanol–water partition coefficient (Wildman–Crippen LogP) is 3.54. The molecule has 0 spiro atoms. The van der Waals surface area contributed by atoms with E-state index in [1.54, 1.807) is 30.3 Å². The maximum Gasteiger partial charge on any atom is 0.274 e. The number of aromatic nitrogens is 2. The normalized spacial score (nSPS) is 10.2. The van der Waals surface area contributed by atoms with Gasteiger partial charge in [0.1, 0.15) is 5.69 Å². The van der Waals surface area contributed by atoms with Crippen molar-refractivity contribution in [2.24, 2.45) is 0 Å². The van der Waals surface area contributed by atoms with Gasteiger partial charge in [-0.05, 0) is 44.0 Å². The van der Waals surface area contributed by atoms with Crippen molar-refractivity contribution in [3.8, 4) is 6.07 Å². The van der Waals surface area contributed by atoms with Gasteiger partial charge in [-0.25, -0.2) is 9.97 Å². The number of anilines is 2. The highest BCUT2D eigenvalue weighted by Gasteiger charge is 2.14. The van der Waals surface area contributed by atoms with Crippen molar-refractivity contribution in [2.75, 3.05) is 23.3 Å². The van der Waals surface area contributed by atoms with Gasteiger partial charge in [-0.15, -0.1) is 0 Å². The number of rotatable bonds is 7. The molecule has 1 amide bonds. The zero-order valence-electron chi connectivity index (χ0n) is 14.9. The Kier molecular flexibility index (Phi) is 6.47. The Bertz CT molecular complexity index is 776. The minimum absolute atomic E-state index is 0.310. The van der Waals surface area contributed by atoms with Crippen LogP contribution in [0.4, 0.5) is 11.6 Å². The van der Waals surface area contributed by atoms with Crippen LogP contribution in [-0.2, 0) is 0 Å². The lowest BCUT2D eigenvalue weighted by molar-refractivity contribution is 0.102. The van der Waals surface area contributed by atoms with Gasteiger partial charge >= 0.3 is 0 Å². The van der Waals surface area contributed by atoms with Crippen LogP contribution >= 0.6 is 0 Å². The highest BCUT2D eigenvalue weighted by molar-refractivity contribution is 6.03. The Balaban J connectivity index is 2.25. The van der Waals surface area contributed by atoms with E-state index in [1.165, 1.54) is 0 Å². The molecular formula is C19H23N5O. The van der Waals surface area contributed by atoms with Crippen LogP contribution in [0.25, 0.3) is 0 Å². The zero-order chi connectivity index (χ0) is 18.2. The Morgan fingerprint density at radius 2 is 1.92 bits per heavy atom. The lowest BCUT2D eigenvalue weighted by Gasteiger charge is -2.22. The molecule has 0 atom stereocenters. The van der Waals surface area contributed by atoms with Crippen LogP contribution in [-0.4, -0.2) is 29.0 Å². The summed E-state index contributed by atoms with van der Waals surface area (Å²) in [6.45, 7) is 7.77. The third-order valence-corrected chi connectivity index (χ3v) is 3.59. The molecule has 1 heterocycles. The van der Waals surface area contributed by atoms with Crippen molar-refractivity contribution >= 4 is 17.5 Å². The van der Waals surface area contributed by atoms with Crippen molar-refractivity contribution in [3.05, 3.63) is 47.3 Å². The second kappa shape index (κ2) is 8.78. The topological polar surface area (TPSA) is 81.9 Å². The maximum atomic E-state index is 12.6. The van der Waals surface area contributed by atoms with Crippen molar-refractivity contribution in [1.82, 2.24) is 9.97 Å². The fourth-order valence-electron chi connectivity index (χ4n) is 2.52. The number of nitriles is 1. The Morgan fingerprint density at radius 3 is 2.56 bits per heavy atom. The largest absolute Gasteiger partial charge is 0.341 e. The summed E-state index contributed by atoms with van der Waals surface area (Å²) < 4.78 is 0. The first kappa shape index (κ1) is 18.4. The Hall–Kier alpha value is -2.94. The standard InChI is InChI=1S/C19H23N5O/c1-4-9-24(10-5-2)19-21-14(3)11-17(23-19)18(25)22-16-8-6-7-15(12-16)13-20/h6-8,11-12H,4-5,9-10H2,1-3H3,(H,22,25). The monoisotopic (exact) mass is 337 g/mol. The third kappa shape index (κ3) is 5.01. The number of nitrogens with one attached hydrogen (secondary N) is 1. The number of nitrogens with zero attached hydrogens (tertiary/aromatic N) is 4. The summed E-state index contributed by atoms with van der Waals surface area (Å²) in [5, 5.41) is 11.8. The molecule has 0 radical (unpaired) electrons. The number of hydrogen-bond acceptors (Lipinski definition) is 5. The molecule has 0 aliphatic rings. The van der Waals surface area contributed by atoms with E-state index in [0.29, 0.717) is 22.9 Å². The number of carbonyl (C=O) groups is 1. The van der Waals surface area contributed by atoms with Crippen molar-refractivity contribution in [3.63, 3.8) is 0 Å². The van der Waals surface area contributed by atoms with Gasteiger partial charge in [-0.1, -0.05) is 19.9 Å². The molecule has 0 fully saturated rings. The quantitative estimate of drug-likeness (QED) is 0.835. The first-order chi connectivity index (χ1) is 12.1. The minimum Gasteiger partial charge on any atom is -0.341 e. The first-order valence-electron chi connectivity index (χ1n) is 8.49. The molecule has 25 heavy (non-hydrogen) atoms. The molecule has 0 unspecified atom stereocenters. The van der Waals surface area contributed by atoms with Crippen LogP contribution in [0, 0.1) is 18.3 Å². The molecule has 1 aromatic heterocycles. The van der Waals surface area contributed by atoms with E-state index in [-0.39, 0.29) is 5.91 Å². The number of benzene rings is 1. The fraction of sp³-hybridized carbons (Fsp3) is 0.368. The number of hydrogen-bond donors (Lipinski definition) is 1. The van der Waals surface area contributed by atoms with Gasteiger partial charge in [0.05, 0.1) is 11.6 Å². The molecule has 1 aromatic carbocycles. The molecule has 0 bridgehead atoms. The average molecular weight is 337 g/mol. The third-order valence-electron chi connectivity index (χ3n) is 3.59. The summed E-state index contributed by atoms with van der Waals surface area (Å²) in [5.74, 6) is 0.273. The molecule has 6 nitrogen and oxygen atoms in total. The molecular weight excluding hydrogens is 314 g/mol. The van der Waals surface area contributed by atoms with Crippen LogP contribution in [0.15, 0.2) is 30.3 Å². The van der Waals surface area contributed by atoms with E-state index >= 15 is 0 Å². The van der Waals surface area contributed by atoms with Crippen molar-refractivity contribution in [2.45, 2.75) is 33.6 Å². The summed E-state index contributed by atoms with van der Waals surface area (Å²) in [7, 11) is 0. The van der Waals surface area contributed by atoms with E-state index in [0.717, 1.165) is 31.6 Å². The lowest BCUT2D eigenvalue weighted by atomic mass is 10.2. The van der Waals surface area contributed by atoms with E-state index < -0.39 is 0 Å². The van der Waals surface area contributed by atoms with Gasteiger partial charge in [0, 0.05) is 24.5 Å². The smallest absolute Gasteiger partial charge is 0.274 e. The lowest BCUT2D eigenvalue weighted by Crippen LogP contribution is -2.28. The van der Waals surface area contributed by atoms with Crippen LogP contribution in [0.3, 0.4) is 0 Å². The molecule has 6 heteroatoms. The zero-order valence-corrected chi connectivity index (χ0v) is 14.9. The molecule has 1 N–H and O–H groups in total. The summed E-state index contributed by atoms with van der Waals surface area (Å²) in [6.07, 6.45) is 1.97. The van der Waals surface area contributed by atoms with Gasteiger partial charge in [-0.3, -0.25) is 4.79 Å². The molecule has 0 saturated carbocycles. The number of carbonyl (C=O) groups excluding carboxylic acids is 1. The van der Waals surface area contributed by atoms with E-state index in [1.807, 2.05) is 6.92 Å². The predicted molar refractivity (Wildman–Crippen MR) is 98.7 cm³/mol. The van der Waals surface area contributed by atoms with Gasteiger partial charge in [-0.2, -0.15) is 5.26 Å². The summed E-state index contributed by atoms with van der Waals surface area (Å²) in [5.41, 5.74) is 2.13. The Morgan fingerprint density at radius 1 is 1.20 bits per heavy atom. The van der Waals surface area contributed by atoms with Crippen LogP contribution in [0.5, 0.6) is 0 Å². The SMILES string of the molecule is CCCN(CCC)c1nc(C)cc(C(=O)Nc2cccc(C#N)c2)n1. The van der Waals surface area contributed by atoms with Crippen molar-refractivity contribution < 1.29 is 4.79 Å². The molecule has 0 saturated heterocycles. The second-order valence-corrected chi connectivity index (χ2v) is 5.83. The molecule has 2 aromatic rings. The number of aryl methyl sites for hydroxylation is 1. The van der Waals surface area contributed by atoms with Crippen LogP contribution in [0.1, 0.15) is 48.4 Å². The molecule has 0 aliphatic carbocycles. The van der Waals surface area contributed by atoms with Crippen LogP contribution in [0.2, 0.25) is 0 Å². The summed E-state index contributed by atoms with van der Waals surface area (Å²) in [6, 6.07) is 10.5. The molecule has 0 aliphatic heterocycles. The van der Waals surface area contributed by atoms with Crippen molar-refractivity contribution in [1.29, 1.82) is 5.26 Å². The van der Waals surface area contributed by atoms with Gasteiger partial charge in [0.15, 0.2) is 0 Å². The average Bonchev–Trinajstić information content (AvgIpc) is 2.61. The molecule has 2 rings (SSSR count). The minimum atomic E-state index is -0.310. The fourth-order valence-corrected chi connectivity index (χ4v) is 2.52. The Labute approximate surface area is 148 Å². The summed E-state index contributed by atoms with van der Waals surface area (Å²) in [4.78, 5) is 23.6. The summed E-state index contributed by atoms with van der Waals surface area (Å²) >= 11 is 0. The number of amides is 1. The maximum absolute atomic E-state index is 12.6. The van der Waals surface area contributed by atoms with E-state index in [2.05, 4.69) is 40.1 Å². The first-order valence-corrected chi connectivity index (χ1v) is 8.49. The van der Waals surface area contributed by atoms with E-state index in [4.69, 9.17) is 5.26 Å². The van der Waals surface area contributed by atoms with E-state index in [9.17, 15) is 4.79 Å².